The number of rotatable bonds is 3. The number of halogens is 1. The molecule has 1 fully saturated rings. The predicted octanol–water partition coefficient (Wildman–Crippen LogP) is 3.01. The molecule has 1 aromatic rings. The number of nitrogens with zero attached hydrogens (tertiary/aromatic N) is 1. The molecule has 0 spiro atoms. The number of benzene rings is 1. The highest BCUT2D eigenvalue weighted by atomic mass is 79.9. The van der Waals surface area contributed by atoms with E-state index in [0.29, 0.717) is 12.1 Å². The maximum absolute atomic E-state index is 12.2. The zero-order valence-electron chi connectivity index (χ0n) is 11.1. The minimum absolute atomic E-state index is 0.174. The zero-order valence-corrected chi connectivity index (χ0v) is 12.7. The van der Waals surface area contributed by atoms with Gasteiger partial charge < -0.3 is 4.90 Å². The second-order valence-electron chi connectivity index (χ2n) is 5.78. The van der Waals surface area contributed by atoms with Gasteiger partial charge in [0.2, 0.25) is 0 Å². The van der Waals surface area contributed by atoms with Gasteiger partial charge in [0.15, 0.2) is 0 Å². The highest BCUT2D eigenvalue weighted by molar-refractivity contribution is 9.09. The van der Waals surface area contributed by atoms with Gasteiger partial charge in [-0.05, 0) is 43.2 Å². The molecule has 2 aliphatic rings. The van der Waals surface area contributed by atoms with E-state index >= 15 is 0 Å². The fourth-order valence-corrected chi connectivity index (χ4v) is 3.50. The van der Waals surface area contributed by atoms with Gasteiger partial charge in [0, 0.05) is 11.9 Å². The number of carbonyl (C=O) groups excluding carboxylic acids is 2. The molecular weight excluding hydrogens is 306 g/mol. The van der Waals surface area contributed by atoms with Gasteiger partial charge in [-0.15, -0.1) is 0 Å². The van der Waals surface area contributed by atoms with Crippen molar-refractivity contribution in [3.05, 3.63) is 28.8 Å². The lowest BCUT2D eigenvalue weighted by Gasteiger charge is -2.23. The third-order valence-electron chi connectivity index (χ3n) is 4.26. The molecule has 0 radical (unpaired) electrons. The molecule has 1 aromatic carbocycles. The quantitative estimate of drug-likeness (QED) is 0.634. The Morgan fingerprint density at radius 1 is 1.21 bits per heavy atom. The van der Waals surface area contributed by atoms with Gasteiger partial charge in [-0.25, -0.2) is 0 Å². The first-order chi connectivity index (χ1) is 8.99. The second-order valence-corrected chi connectivity index (χ2v) is 6.34. The molecule has 19 heavy (non-hydrogen) atoms. The summed E-state index contributed by atoms with van der Waals surface area (Å²) in [7, 11) is 0. The summed E-state index contributed by atoms with van der Waals surface area (Å²) >= 11 is 3.53. The van der Waals surface area contributed by atoms with Crippen LogP contribution in [0.25, 0.3) is 0 Å². The average Bonchev–Trinajstić information content (AvgIpc) is 3.12. The van der Waals surface area contributed by atoms with E-state index in [1.165, 1.54) is 0 Å². The Labute approximate surface area is 121 Å². The lowest BCUT2D eigenvalue weighted by atomic mass is 10.0. The van der Waals surface area contributed by atoms with E-state index in [1.54, 1.807) is 4.90 Å². The molecule has 1 saturated carbocycles. The summed E-state index contributed by atoms with van der Waals surface area (Å²) in [4.78, 5) is 26.1. The molecule has 0 bridgehead atoms. The van der Waals surface area contributed by atoms with E-state index in [9.17, 15) is 9.59 Å². The molecule has 0 unspecified atom stereocenters. The van der Waals surface area contributed by atoms with Crippen LogP contribution in [0.2, 0.25) is 0 Å². The highest BCUT2D eigenvalue weighted by Crippen LogP contribution is 2.49. The average molecular weight is 322 g/mol. The van der Waals surface area contributed by atoms with Crippen LogP contribution in [0.1, 0.15) is 34.3 Å². The summed E-state index contributed by atoms with van der Waals surface area (Å²) in [5.74, 6) is -0.707. The maximum Gasteiger partial charge on any atom is 0.299 e. The number of carbonyl (C=O) groups is 2. The first kappa shape index (κ1) is 12.9. The van der Waals surface area contributed by atoms with Crippen LogP contribution in [0, 0.1) is 19.3 Å². The van der Waals surface area contributed by atoms with E-state index in [4.69, 9.17) is 0 Å². The Balaban J connectivity index is 2.07. The molecule has 0 atom stereocenters. The molecule has 0 N–H and O–H groups in total. The van der Waals surface area contributed by atoms with Crippen LogP contribution in [0.4, 0.5) is 5.69 Å². The normalized spacial score (nSPS) is 19.8. The molecule has 3 nitrogen and oxygen atoms in total. The van der Waals surface area contributed by atoms with Crippen LogP contribution in [0.15, 0.2) is 12.1 Å². The fourth-order valence-electron chi connectivity index (χ4n) is 2.76. The summed E-state index contributed by atoms with van der Waals surface area (Å²) < 4.78 is 0. The summed E-state index contributed by atoms with van der Waals surface area (Å²) in [5, 5.41) is 0.887. The van der Waals surface area contributed by atoms with E-state index in [1.807, 2.05) is 26.0 Å². The van der Waals surface area contributed by atoms with E-state index < -0.39 is 0 Å². The summed E-state index contributed by atoms with van der Waals surface area (Å²) in [5.41, 5.74) is 3.51. The van der Waals surface area contributed by atoms with Gasteiger partial charge in [-0.1, -0.05) is 28.1 Å². The second kappa shape index (κ2) is 4.17. The lowest BCUT2D eigenvalue weighted by molar-refractivity contribution is -0.114. The largest absolute Gasteiger partial charge is 0.304 e. The first-order valence-electron chi connectivity index (χ1n) is 6.51. The van der Waals surface area contributed by atoms with Crippen molar-refractivity contribution < 1.29 is 9.59 Å². The highest BCUT2D eigenvalue weighted by Gasteiger charge is 2.48. The number of anilines is 1. The van der Waals surface area contributed by atoms with Crippen LogP contribution in [0.3, 0.4) is 0 Å². The molecule has 1 amide bonds. The summed E-state index contributed by atoms with van der Waals surface area (Å²) in [6, 6.07) is 3.90. The van der Waals surface area contributed by atoms with Gasteiger partial charge in [0.25, 0.3) is 11.7 Å². The van der Waals surface area contributed by atoms with Crippen molar-refractivity contribution in [2.24, 2.45) is 5.41 Å². The minimum atomic E-state index is -0.361. The van der Waals surface area contributed by atoms with Gasteiger partial charge in [-0.3, -0.25) is 9.59 Å². The Kier molecular flexibility index (Phi) is 2.82. The van der Waals surface area contributed by atoms with Crippen molar-refractivity contribution in [1.29, 1.82) is 0 Å². The Bertz CT molecular complexity index is 590. The van der Waals surface area contributed by atoms with Crippen molar-refractivity contribution in [1.82, 2.24) is 0 Å². The summed E-state index contributed by atoms with van der Waals surface area (Å²) in [6.45, 7) is 4.51. The number of amides is 1. The SMILES string of the molecule is Cc1ccc(C)c2c1C(=O)C(=O)N2CC1(CBr)CC1. The van der Waals surface area contributed by atoms with Gasteiger partial charge >= 0.3 is 0 Å². The van der Waals surface area contributed by atoms with Crippen molar-refractivity contribution in [3.8, 4) is 0 Å². The smallest absolute Gasteiger partial charge is 0.299 e. The topological polar surface area (TPSA) is 37.4 Å². The van der Waals surface area contributed by atoms with Crippen molar-refractivity contribution in [2.75, 3.05) is 16.8 Å². The minimum Gasteiger partial charge on any atom is -0.304 e. The zero-order chi connectivity index (χ0) is 13.8. The molecule has 0 aromatic heterocycles. The third kappa shape index (κ3) is 1.84. The monoisotopic (exact) mass is 321 g/mol. The van der Waals surface area contributed by atoms with Gasteiger partial charge in [-0.2, -0.15) is 0 Å². The number of hydrogen-bond donors (Lipinski definition) is 0. The van der Waals surface area contributed by atoms with Gasteiger partial charge in [0.05, 0.1) is 11.3 Å². The van der Waals surface area contributed by atoms with Gasteiger partial charge in [0.1, 0.15) is 0 Å². The molecule has 1 heterocycles. The molecule has 3 rings (SSSR count). The van der Waals surface area contributed by atoms with Crippen LogP contribution in [0.5, 0.6) is 0 Å². The van der Waals surface area contributed by atoms with Crippen LogP contribution >= 0.6 is 15.9 Å². The van der Waals surface area contributed by atoms with Crippen molar-refractivity contribution in [3.63, 3.8) is 0 Å². The summed E-state index contributed by atoms with van der Waals surface area (Å²) in [6.07, 6.45) is 2.24. The van der Waals surface area contributed by atoms with Crippen LogP contribution < -0.4 is 4.90 Å². The Hall–Kier alpha value is -1.16. The van der Waals surface area contributed by atoms with Crippen molar-refractivity contribution in [2.45, 2.75) is 26.7 Å². The van der Waals surface area contributed by atoms with Crippen molar-refractivity contribution >= 4 is 33.3 Å². The molecule has 0 saturated heterocycles. The van der Waals surface area contributed by atoms with E-state index in [2.05, 4.69) is 15.9 Å². The van der Waals surface area contributed by atoms with Crippen LogP contribution in [-0.2, 0) is 4.79 Å². The first-order valence-corrected chi connectivity index (χ1v) is 7.64. The number of hydrogen-bond acceptors (Lipinski definition) is 2. The molecule has 1 aliphatic heterocycles. The van der Waals surface area contributed by atoms with E-state index in [-0.39, 0.29) is 17.1 Å². The number of ketones is 1. The molecular formula is C15H16BrNO2. The predicted molar refractivity (Wildman–Crippen MR) is 78.1 cm³/mol. The molecule has 1 aliphatic carbocycles. The lowest BCUT2D eigenvalue weighted by Crippen LogP contribution is -2.36. The Morgan fingerprint density at radius 3 is 2.42 bits per heavy atom. The molecule has 4 heteroatoms. The third-order valence-corrected chi connectivity index (χ3v) is 5.45. The van der Waals surface area contributed by atoms with Crippen LogP contribution in [-0.4, -0.2) is 23.6 Å². The fraction of sp³-hybridized carbons (Fsp3) is 0.467. The number of aryl methyl sites for hydroxylation is 2. The maximum atomic E-state index is 12.2. The molecule has 100 valence electrons. The standard InChI is InChI=1S/C15H16BrNO2/c1-9-3-4-10(2)12-11(9)13(18)14(19)17(12)8-15(7-16)5-6-15/h3-4H,5-8H2,1-2H3. The number of alkyl halides is 1. The number of Topliss-reactive ketones (excluding diaryl/α,β-unsaturated/α-hetero) is 1. The Morgan fingerprint density at radius 2 is 1.84 bits per heavy atom. The van der Waals surface area contributed by atoms with E-state index in [0.717, 1.165) is 35.0 Å². The number of fused-ring (bicyclic) bond motifs is 1.